The van der Waals surface area contributed by atoms with Crippen LogP contribution in [0.4, 0.5) is 0 Å². The molecule has 3 heterocycles. The number of carbonyl (C=O) groups is 1. The van der Waals surface area contributed by atoms with Gasteiger partial charge in [0.1, 0.15) is 0 Å². The summed E-state index contributed by atoms with van der Waals surface area (Å²) in [6.45, 7) is 3.70. The molecule has 1 aliphatic heterocycles. The Balaban J connectivity index is 1.24. The number of amides is 1. The van der Waals surface area contributed by atoms with Gasteiger partial charge in [0, 0.05) is 55.6 Å². The summed E-state index contributed by atoms with van der Waals surface area (Å²) in [6, 6.07) is 2.32. The number of piperazine rings is 1. The van der Waals surface area contributed by atoms with Crippen molar-refractivity contribution in [3.63, 3.8) is 0 Å². The van der Waals surface area contributed by atoms with Crippen molar-refractivity contribution in [3.05, 3.63) is 33.7 Å². The first kappa shape index (κ1) is 18.0. The monoisotopic (exact) mass is 392 g/mol. The maximum Gasteiger partial charge on any atom is 0.258 e. The molecule has 2 aromatic heterocycles. The second-order valence-electron chi connectivity index (χ2n) is 6.99. The molecular weight excluding hydrogens is 368 g/mol. The highest BCUT2D eigenvalue weighted by molar-refractivity contribution is 7.99. The van der Waals surface area contributed by atoms with Crippen LogP contribution in [-0.4, -0.2) is 63.1 Å². The van der Waals surface area contributed by atoms with Gasteiger partial charge in [-0.25, -0.2) is 4.98 Å². The van der Waals surface area contributed by atoms with Crippen molar-refractivity contribution in [1.82, 2.24) is 19.2 Å². The third-order valence-corrected chi connectivity index (χ3v) is 7.05. The highest BCUT2D eigenvalue weighted by atomic mass is 32.2. The molecule has 1 amide bonds. The predicted molar refractivity (Wildman–Crippen MR) is 106 cm³/mol. The van der Waals surface area contributed by atoms with Crippen molar-refractivity contribution in [2.75, 3.05) is 31.9 Å². The van der Waals surface area contributed by atoms with Crippen LogP contribution in [0.25, 0.3) is 4.96 Å². The molecule has 140 valence electrons. The topological polar surface area (TPSA) is 57.9 Å². The van der Waals surface area contributed by atoms with Gasteiger partial charge in [-0.2, -0.15) is 0 Å². The van der Waals surface area contributed by atoms with Gasteiger partial charge in [-0.3, -0.25) is 18.9 Å². The number of hydrogen-bond donors (Lipinski definition) is 0. The van der Waals surface area contributed by atoms with E-state index in [4.69, 9.17) is 0 Å². The SMILES string of the molecule is O=C(CSCc1cc(=O)n2ccsc2n1)N1CCN(C2CCCC2)CC1. The normalized spacial score (nSPS) is 19.5. The van der Waals surface area contributed by atoms with E-state index in [1.54, 1.807) is 28.4 Å². The molecule has 6 nitrogen and oxygen atoms in total. The minimum atomic E-state index is -0.0544. The molecule has 2 aliphatic rings. The van der Waals surface area contributed by atoms with Gasteiger partial charge in [0.25, 0.3) is 5.56 Å². The van der Waals surface area contributed by atoms with Crippen LogP contribution < -0.4 is 5.56 Å². The standard InChI is InChI=1S/C18H24N4O2S2/c23-16-11-14(19-18-22(16)9-10-26-18)12-25-13-17(24)21-7-5-20(6-8-21)15-3-1-2-4-15/h9-11,15H,1-8,12-13H2. The summed E-state index contributed by atoms with van der Waals surface area (Å²) in [5.41, 5.74) is 0.697. The molecule has 26 heavy (non-hydrogen) atoms. The van der Waals surface area contributed by atoms with Gasteiger partial charge in [-0.1, -0.05) is 12.8 Å². The lowest BCUT2D eigenvalue weighted by Gasteiger charge is -2.38. The average molecular weight is 393 g/mol. The number of carbonyl (C=O) groups excluding carboxylic acids is 1. The molecule has 2 aromatic rings. The minimum Gasteiger partial charge on any atom is -0.339 e. The number of thioether (sulfide) groups is 1. The number of nitrogens with zero attached hydrogens (tertiary/aromatic N) is 4. The van der Waals surface area contributed by atoms with E-state index in [9.17, 15) is 9.59 Å². The first-order chi connectivity index (χ1) is 12.7. The fourth-order valence-electron chi connectivity index (χ4n) is 3.90. The zero-order valence-corrected chi connectivity index (χ0v) is 16.4. The van der Waals surface area contributed by atoms with Crippen LogP contribution in [0.3, 0.4) is 0 Å². The lowest BCUT2D eigenvalue weighted by atomic mass is 10.2. The van der Waals surface area contributed by atoms with E-state index >= 15 is 0 Å². The number of hydrogen-bond acceptors (Lipinski definition) is 6. The number of thiazole rings is 1. The van der Waals surface area contributed by atoms with Crippen molar-refractivity contribution < 1.29 is 4.79 Å². The molecule has 0 spiro atoms. The van der Waals surface area contributed by atoms with Gasteiger partial charge in [0.2, 0.25) is 5.91 Å². The Bertz CT molecular complexity index is 820. The summed E-state index contributed by atoms with van der Waals surface area (Å²) in [5.74, 6) is 1.25. The zero-order chi connectivity index (χ0) is 17.9. The van der Waals surface area contributed by atoms with Crippen LogP contribution in [0.5, 0.6) is 0 Å². The van der Waals surface area contributed by atoms with E-state index in [1.165, 1.54) is 37.0 Å². The third kappa shape index (κ3) is 3.97. The molecule has 0 unspecified atom stereocenters. The number of rotatable bonds is 5. The molecule has 8 heteroatoms. The molecule has 1 aliphatic carbocycles. The molecule has 0 atom stereocenters. The molecule has 1 saturated carbocycles. The van der Waals surface area contributed by atoms with Gasteiger partial charge >= 0.3 is 0 Å². The molecule has 4 rings (SSSR count). The highest BCUT2D eigenvalue weighted by Crippen LogP contribution is 2.24. The maximum absolute atomic E-state index is 12.5. The highest BCUT2D eigenvalue weighted by Gasteiger charge is 2.27. The first-order valence-electron chi connectivity index (χ1n) is 9.26. The lowest BCUT2D eigenvalue weighted by molar-refractivity contribution is -0.130. The van der Waals surface area contributed by atoms with E-state index in [-0.39, 0.29) is 11.5 Å². The maximum atomic E-state index is 12.5. The molecule has 0 aromatic carbocycles. The number of aromatic nitrogens is 2. The van der Waals surface area contributed by atoms with E-state index in [2.05, 4.69) is 9.88 Å². The molecule has 0 bridgehead atoms. The van der Waals surface area contributed by atoms with Gasteiger partial charge in [-0.05, 0) is 12.8 Å². The quantitative estimate of drug-likeness (QED) is 0.780. The van der Waals surface area contributed by atoms with Crippen LogP contribution in [0.1, 0.15) is 31.4 Å². The summed E-state index contributed by atoms with van der Waals surface area (Å²) in [5, 5.41) is 1.86. The fourth-order valence-corrected chi connectivity index (χ4v) is 5.46. The van der Waals surface area contributed by atoms with E-state index in [0.29, 0.717) is 16.5 Å². The van der Waals surface area contributed by atoms with E-state index in [0.717, 1.165) is 37.9 Å². The molecular formula is C18H24N4O2S2. The predicted octanol–water partition coefficient (Wildman–Crippen LogP) is 2.08. The minimum absolute atomic E-state index is 0.0544. The van der Waals surface area contributed by atoms with Gasteiger partial charge < -0.3 is 4.90 Å². The summed E-state index contributed by atoms with van der Waals surface area (Å²) in [6.07, 6.45) is 7.10. The summed E-state index contributed by atoms with van der Waals surface area (Å²) >= 11 is 2.99. The Labute approximate surface area is 161 Å². The van der Waals surface area contributed by atoms with Crippen molar-refractivity contribution >= 4 is 34.0 Å². The van der Waals surface area contributed by atoms with Crippen LogP contribution in [0.2, 0.25) is 0 Å². The van der Waals surface area contributed by atoms with Gasteiger partial charge in [0.05, 0.1) is 11.4 Å². The second kappa shape index (κ2) is 8.10. The zero-order valence-electron chi connectivity index (χ0n) is 14.8. The Morgan fingerprint density at radius 3 is 2.77 bits per heavy atom. The van der Waals surface area contributed by atoms with Crippen molar-refractivity contribution in [2.45, 2.75) is 37.5 Å². The average Bonchev–Trinajstić information content (AvgIpc) is 3.34. The largest absolute Gasteiger partial charge is 0.339 e. The Kier molecular flexibility index (Phi) is 5.61. The molecule has 0 radical (unpaired) electrons. The fraction of sp³-hybridized carbons (Fsp3) is 0.611. The van der Waals surface area contributed by atoms with Gasteiger partial charge in [-0.15, -0.1) is 23.1 Å². The van der Waals surface area contributed by atoms with Crippen LogP contribution >= 0.6 is 23.1 Å². The summed E-state index contributed by atoms with van der Waals surface area (Å²) in [4.78, 5) is 34.2. The second-order valence-corrected chi connectivity index (χ2v) is 8.85. The molecule has 2 fully saturated rings. The van der Waals surface area contributed by atoms with Crippen molar-refractivity contribution in [1.29, 1.82) is 0 Å². The van der Waals surface area contributed by atoms with Gasteiger partial charge in [0.15, 0.2) is 4.96 Å². The first-order valence-corrected chi connectivity index (χ1v) is 11.3. The Hall–Kier alpha value is -1.38. The van der Waals surface area contributed by atoms with Crippen LogP contribution in [-0.2, 0) is 10.5 Å². The molecule has 0 N–H and O–H groups in total. The third-order valence-electron chi connectivity index (χ3n) is 5.34. The van der Waals surface area contributed by atoms with Crippen molar-refractivity contribution in [2.24, 2.45) is 0 Å². The van der Waals surface area contributed by atoms with E-state index < -0.39 is 0 Å². The Morgan fingerprint density at radius 1 is 1.23 bits per heavy atom. The van der Waals surface area contributed by atoms with Crippen LogP contribution in [0.15, 0.2) is 22.4 Å². The Morgan fingerprint density at radius 2 is 2.00 bits per heavy atom. The summed E-state index contributed by atoms with van der Waals surface area (Å²) < 4.78 is 1.55. The molecule has 1 saturated heterocycles. The van der Waals surface area contributed by atoms with Crippen LogP contribution in [0, 0.1) is 0 Å². The van der Waals surface area contributed by atoms with Crippen molar-refractivity contribution in [3.8, 4) is 0 Å². The smallest absolute Gasteiger partial charge is 0.258 e. The van der Waals surface area contributed by atoms with E-state index in [1.807, 2.05) is 10.3 Å². The number of fused-ring (bicyclic) bond motifs is 1. The summed E-state index contributed by atoms with van der Waals surface area (Å²) in [7, 11) is 0. The lowest BCUT2D eigenvalue weighted by Crippen LogP contribution is -2.51.